The predicted octanol–water partition coefficient (Wildman–Crippen LogP) is 3.51. The van der Waals surface area contributed by atoms with Crippen LogP contribution in [0.4, 0.5) is 13.2 Å². The van der Waals surface area contributed by atoms with Gasteiger partial charge in [-0.1, -0.05) is 23.2 Å². The van der Waals surface area contributed by atoms with E-state index in [1.807, 2.05) is 0 Å². The second-order valence-corrected chi connectivity index (χ2v) is 4.02. The van der Waals surface area contributed by atoms with Crippen molar-refractivity contribution in [3.63, 3.8) is 0 Å². The summed E-state index contributed by atoms with van der Waals surface area (Å²) in [6.07, 6.45) is -3.90. The van der Waals surface area contributed by atoms with Crippen LogP contribution in [0.5, 0.6) is 0 Å². The Morgan fingerprint density at radius 2 is 1.82 bits per heavy atom. The van der Waals surface area contributed by atoms with Gasteiger partial charge < -0.3 is 5.11 Å². The summed E-state index contributed by atoms with van der Waals surface area (Å²) in [6, 6.07) is 0. The summed E-state index contributed by atoms with van der Waals surface area (Å²) in [5, 5.41) is 7.88. The summed E-state index contributed by atoms with van der Waals surface area (Å²) in [5.74, 6) is -3.83. The predicted molar refractivity (Wildman–Crippen MR) is 55.3 cm³/mol. The van der Waals surface area contributed by atoms with Gasteiger partial charge in [-0.3, -0.25) is 9.78 Å². The zero-order valence-electron chi connectivity index (χ0n) is 8.13. The van der Waals surface area contributed by atoms with Gasteiger partial charge in [-0.15, -0.1) is 0 Å². The molecule has 0 aliphatic rings. The van der Waals surface area contributed by atoms with Crippen LogP contribution in [0.25, 0.3) is 0 Å². The SMILES string of the molecule is O=C(O)CC(c1c(Cl)cncc1Cl)C(F)(F)F. The third kappa shape index (κ3) is 3.47. The first-order valence-electron chi connectivity index (χ1n) is 4.31. The lowest BCUT2D eigenvalue weighted by Gasteiger charge is -2.20. The van der Waals surface area contributed by atoms with Crippen LogP contribution in [0.15, 0.2) is 12.4 Å². The molecule has 0 bridgehead atoms. The molecule has 0 aromatic carbocycles. The van der Waals surface area contributed by atoms with Crippen molar-refractivity contribution in [3.8, 4) is 0 Å². The number of carboxylic acids is 1. The van der Waals surface area contributed by atoms with Crippen molar-refractivity contribution in [2.45, 2.75) is 18.5 Å². The van der Waals surface area contributed by atoms with Crippen LogP contribution in [0.3, 0.4) is 0 Å². The number of hydrogen-bond donors (Lipinski definition) is 1. The van der Waals surface area contributed by atoms with E-state index in [0.717, 1.165) is 12.4 Å². The highest BCUT2D eigenvalue weighted by molar-refractivity contribution is 6.35. The van der Waals surface area contributed by atoms with Gasteiger partial charge in [0.15, 0.2) is 0 Å². The molecule has 0 amide bonds. The number of rotatable bonds is 3. The Bertz CT molecular complexity index is 416. The summed E-state index contributed by atoms with van der Waals surface area (Å²) >= 11 is 11.1. The molecule has 1 aromatic heterocycles. The number of carboxylic acid groups (broad SMARTS) is 1. The largest absolute Gasteiger partial charge is 0.481 e. The summed E-state index contributed by atoms with van der Waals surface area (Å²) in [6.45, 7) is 0. The van der Waals surface area contributed by atoms with Gasteiger partial charge in [0.2, 0.25) is 0 Å². The summed E-state index contributed by atoms with van der Waals surface area (Å²) in [5.41, 5.74) is -0.460. The highest BCUT2D eigenvalue weighted by Gasteiger charge is 2.44. The number of nitrogens with zero attached hydrogens (tertiary/aromatic N) is 1. The Labute approximate surface area is 104 Å². The van der Waals surface area contributed by atoms with Gasteiger partial charge in [0, 0.05) is 18.0 Å². The normalized spacial score (nSPS) is 13.5. The highest BCUT2D eigenvalue weighted by Crippen LogP contribution is 2.42. The van der Waals surface area contributed by atoms with Gasteiger partial charge in [0.1, 0.15) is 0 Å². The Kier molecular flexibility index (Phi) is 4.21. The van der Waals surface area contributed by atoms with Gasteiger partial charge in [-0.2, -0.15) is 13.2 Å². The number of pyridine rings is 1. The molecule has 94 valence electrons. The molecule has 0 radical (unpaired) electrons. The number of aromatic nitrogens is 1. The maximum Gasteiger partial charge on any atom is 0.396 e. The van der Waals surface area contributed by atoms with Crippen molar-refractivity contribution in [3.05, 3.63) is 28.0 Å². The van der Waals surface area contributed by atoms with Crippen molar-refractivity contribution >= 4 is 29.2 Å². The van der Waals surface area contributed by atoms with Crippen molar-refractivity contribution in [1.29, 1.82) is 0 Å². The number of alkyl halides is 3. The second kappa shape index (κ2) is 5.10. The molecule has 0 spiro atoms. The Morgan fingerprint density at radius 3 is 2.18 bits per heavy atom. The van der Waals surface area contributed by atoms with Crippen molar-refractivity contribution in [1.82, 2.24) is 4.98 Å². The summed E-state index contributed by atoms with van der Waals surface area (Å²) < 4.78 is 38.2. The molecule has 1 heterocycles. The maximum atomic E-state index is 12.7. The number of hydrogen-bond acceptors (Lipinski definition) is 2. The van der Waals surface area contributed by atoms with Crippen LogP contribution in [0.1, 0.15) is 17.9 Å². The molecule has 0 fully saturated rings. The first kappa shape index (κ1) is 14.1. The average molecular weight is 288 g/mol. The van der Waals surface area contributed by atoms with E-state index in [4.69, 9.17) is 28.3 Å². The first-order valence-corrected chi connectivity index (χ1v) is 5.06. The molecule has 8 heteroatoms. The maximum absolute atomic E-state index is 12.7. The van der Waals surface area contributed by atoms with Crippen LogP contribution in [0, 0.1) is 0 Å². The van der Waals surface area contributed by atoms with Gasteiger partial charge in [0.05, 0.1) is 22.4 Å². The fourth-order valence-electron chi connectivity index (χ4n) is 1.31. The molecule has 17 heavy (non-hydrogen) atoms. The van der Waals surface area contributed by atoms with Crippen molar-refractivity contribution in [2.75, 3.05) is 0 Å². The average Bonchev–Trinajstić information content (AvgIpc) is 2.13. The number of halogens is 5. The molecule has 0 saturated heterocycles. The minimum atomic E-state index is -4.74. The molecule has 1 N–H and O–H groups in total. The molecule has 0 aliphatic carbocycles. The van der Waals surface area contributed by atoms with E-state index in [1.54, 1.807) is 0 Å². The Morgan fingerprint density at radius 1 is 1.35 bits per heavy atom. The highest BCUT2D eigenvalue weighted by atomic mass is 35.5. The lowest BCUT2D eigenvalue weighted by Crippen LogP contribution is -2.24. The summed E-state index contributed by atoms with van der Waals surface area (Å²) in [4.78, 5) is 14.0. The minimum Gasteiger partial charge on any atom is -0.481 e. The molecule has 1 unspecified atom stereocenters. The molecule has 0 saturated carbocycles. The molecular weight excluding hydrogens is 282 g/mol. The minimum absolute atomic E-state index is 0.305. The van der Waals surface area contributed by atoms with E-state index in [1.165, 1.54) is 0 Å². The lowest BCUT2D eigenvalue weighted by atomic mass is 9.96. The monoisotopic (exact) mass is 287 g/mol. The van der Waals surface area contributed by atoms with Gasteiger partial charge in [0.25, 0.3) is 0 Å². The molecule has 3 nitrogen and oxygen atoms in total. The molecular formula is C9H6Cl2F3NO2. The van der Waals surface area contributed by atoms with E-state index in [9.17, 15) is 18.0 Å². The van der Waals surface area contributed by atoms with E-state index >= 15 is 0 Å². The molecule has 1 atom stereocenters. The molecule has 0 aliphatic heterocycles. The quantitative estimate of drug-likeness (QED) is 0.926. The van der Waals surface area contributed by atoms with Crippen molar-refractivity contribution in [2.24, 2.45) is 0 Å². The lowest BCUT2D eigenvalue weighted by molar-refractivity contribution is -0.163. The Balaban J connectivity index is 3.27. The van der Waals surface area contributed by atoms with Gasteiger partial charge >= 0.3 is 12.1 Å². The third-order valence-corrected chi connectivity index (χ3v) is 2.62. The van der Waals surface area contributed by atoms with Gasteiger partial charge in [-0.25, -0.2) is 0 Å². The number of carbonyl (C=O) groups is 1. The van der Waals surface area contributed by atoms with E-state index in [-0.39, 0.29) is 10.0 Å². The van der Waals surface area contributed by atoms with Crippen LogP contribution >= 0.6 is 23.2 Å². The van der Waals surface area contributed by atoms with E-state index in [0.29, 0.717) is 0 Å². The molecule has 1 rings (SSSR count). The zero-order chi connectivity index (χ0) is 13.2. The van der Waals surface area contributed by atoms with E-state index in [2.05, 4.69) is 4.98 Å². The van der Waals surface area contributed by atoms with Crippen molar-refractivity contribution < 1.29 is 23.1 Å². The standard InChI is InChI=1S/C9H6Cl2F3NO2/c10-5-2-15-3-6(11)8(5)4(1-7(16)17)9(12,13)14/h2-4H,1H2,(H,16,17). The Hall–Kier alpha value is -1.01. The zero-order valence-corrected chi connectivity index (χ0v) is 9.64. The topological polar surface area (TPSA) is 50.2 Å². The smallest absolute Gasteiger partial charge is 0.396 e. The molecule has 1 aromatic rings. The fourth-order valence-corrected chi connectivity index (χ4v) is 1.94. The van der Waals surface area contributed by atoms with Crippen LogP contribution in [-0.2, 0) is 4.79 Å². The van der Waals surface area contributed by atoms with Crippen LogP contribution in [0.2, 0.25) is 10.0 Å². The van der Waals surface area contributed by atoms with Gasteiger partial charge in [-0.05, 0) is 0 Å². The summed E-state index contributed by atoms with van der Waals surface area (Å²) in [7, 11) is 0. The van der Waals surface area contributed by atoms with Crippen LogP contribution < -0.4 is 0 Å². The fraction of sp³-hybridized carbons (Fsp3) is 0.333. The third-order valence-electron chi connectivity index (χ3n) is 2.01. The van der Waals surface area contributed by atoms with Crippen LogP contribution in [-0.4, -0.2) is 22.2 Å². The number of aliphatic carboxylic acids is 1. The first-order chi connectivity index (χ1) is 7.73. The second-order valence-electron chi connectivity index (χ2n) is 3.21. The van der Waals surface area contributed by atoms with E-state index < -0.39 is 30.0 Å².